The van der Waals surface area contributed by atoms with Gasteiger partial charge in [0.1, 0.15) is 16.3 Å². The number of methoxy groups -OCH3 is 1. The first-order valence-electron chi connectivity index (χ1n) is 6.38. The molecule has 0 fully saturated rings. The van der Waals surface area contributed by atoms with Crippen molar-refractivity contribution < 1.29 is 9.53 Å². The average Bonchev–Trinajstić information content (AvgIpc) is 2.48. The molecule has 8 heteroatoms. The van der Waals surface area contributed by atoms with Crippen molar-refractivity contribution in [2.45, 2.75) is 12.6 Å². The topological polar surface area (TPSA) is 51.2 Å². The summed E-state index contributed by atoms with van der Waals surface area (Å²) < 4.78 is 4.83. The molecule has 0 aliphatic heterocycles. The van der Waals surface area contributed by atoms with Crippen LogP contribution in [0.5, 0.6) is 0 Å². The first-order chi connectivity index (χ1) is 10.5. The van der Waals surface area contributed by atoms with Gasteiger partial charge in [0.25, 0.3) is 0 Å². The van der Waals surface area contributed by atoms with Crippen molar-refractivity contribution in [1.29, 1.82) is 0 Å². The number of halogens is 4. The fourth-order valence-corrected chi connectivity index (χ4v) is 2.58. The number of carbonyl (C=O) groups excluding carboxylic acids is 1. The Morgan fingerprint density at radius 2 is 1.74 bits per heavy atom. The molecule has 23 heavy (non-hydrogen) atoms. The Labute approximate surface area is 155 Å². The fourth-order valence-electron chi connectivity index (χ4n) is 1.95. The Morgan fingerprint density at radius 3 is 2.26 bits per heavy atom. The molecule has 2 rings (SSSR count). The van der Waals surface area contributed by atoms with Gasteiger partial charge in [0.15, 0.2) is 0 Å². The summed E-state index contributed by atoms with van der Waals surface area (Å²) >= 11 is 17.6. The molecule has 0 spiro atoms. The molecule has 1 heterocycles. The van der Waals surface area contributed by atoms with Gasteiger partial charge >= 0.3 is 5.97 Å². The second-order valence-corrected chi connectivity index (χ2v) is 5.72. The van der Waals surface area contributed by atoms with Crippen LogP contribution in [-0.2, 0) is 16.1 Å². The molecule has 1 aromatic heterocycles. The monoisotopic (exact) mass is 394 g/mol. The number of hydrogen-bond acceptors (Lipinski definition) is 4. The first-order valence-corrected chi connectivity index (χ1v) is 7.51. The highest BCUT2D eigenvalue weighted by molar-refractivity contribution is 6.32. The van der Waals surface area contributed by atoms with E-state index in [0.717, 1.165) is 11.1 Å². The lowest BCUT2D eigenvalue weighted by atomic mass is 10.1. The van der Waals surface area contributed by atoms with Gasteiger partial charge in [0, 0.05) is 11.6 Å². The van der Waals surface area contributed by atoms with Crippen molar-refractivity contribution in [2.75, 3.05) is 7.11 Å². The molecule has 2 aromatic rings. The van der Waals surface area contributed by atoms with Gasteiger partial charge in [0.2, 0.25) is 0 Å². The number of esters is 1. The van der Waals surface area contributed by atoms with Crippen molar-refractivity contribution in [3.8, 4) is 0 Å². The molecule has 0 radical (unpaired) electrons. The molecule has 0 bridgehead atoms. The Morgan fingerprint density at radius 1 is 1.17 bits per heavy atom. The maximum absolute atomic E-state index is 12.0. The molecule has 1 N–H and O–H groups in total. The van der Waals surface area contributed by atoms with E-state index in [9.17, 15) is 4.79 Å². The van der Waals surface area contributed by atoms with Crippen molar-refractivity contribution in [2.24, 2.45) is 0 Å². The van der Waals surface area contributed by atoms with Crippen LogP contribution in [0, 0.1) is 0 Å². The van der Waals surface area contributed by atoms with E-state index in [1.165, 1.54) is 7.11 Å². The predicted molar refractivity (Wildman–Crippen MR) is 94.6 cm³/mol. The van der Waals surface area contributed by atoms with Crippen LogP contribution < -0.4 is 5.32 Å². The van der Waals surface area contributed by atoms with E-state index in [4.69, 9.17) is 39.5 Å². The van der Waals surface area contributed by atoms with E-state index in [0.29, 0.717) is 21.9 Å². The zero-order valence-corrected chi connectivity index (χ0v) is 15.1. The molecule has 1 atom stereocenters. The van der Waals surface area contributed by atoms with Crippen molar-refractivity contribution in [1.82, 2.24) is 10.3 Å². The summed E-state index contributed by atoms with van der Waals surface area (Å²) in [6.07, 6.45) is 0. The summed E-state index contributed by atoms with van der Waals surface area (Å²) in [4.78, 5) is 15.8. The van der Waals surface area contributed by atoms with Crippen LogP contribution in [0.1, 0.15) is 17.2 Å². The molecule has 0 saturated heterocycles. The van der Waals surface area contributed by atoms with E-state index < -0.39 is 12.0 Å². The number of carbonyl (C=O) groups is 1. The lowest BCUT2D eigenvalue weighted by Gasteiger charge is -2.17. The van der Waals surface area contributed by atoms with Crippen LogP contribution in [0.3, 0.4) is 0 Å². The van der Waals surface area contributed by atoms with E-state index in [1.807, 2.05) is 0 Å². The summed E-state index contributed by atoms with van der Waals surface area (Å²) in [6.45, 7) is 0.379. The second-order valence-electron chi connectivity index (χ2n) is 4.51. The van der Waals surface area contributed by atoms with Crippen molar-refractivity contribution in [3.05, 3.63) is 62.9 Å². The molecular formula is C15H14Cl4N2O2. The van der Waals surface area contributed by atoms with Crippen LogP contribution in [0.4, 0.5) is 0 Å². The van der Waals surface area contributed by atoms with E-state index in [-0.39, 0.29) is 12.4 Å². The van der Waals surface area contributed by atoms with Gasteiger partial charge in [-0.1, -0.05) is 46.9 Å². The van der Waals surface area contributed by atoms with Crippen molar-refractivity contribution in [3.63, 3.8) is 0 Å². The van der Waals surface area contributed by atoms with E-state index >= 15 is 0 Å². The summed E-state index contributed by atoms with van der Waals surface area (Å²) in [5.74, 6) is -0.395. The van der Waals surface area contributed by atoms with Crippen LogP contribution in [-0.4, -0.2) is 18.1 Å². The van der Waals surface area contributed by atoms with Crippen LogP contribution >= 0.6 is 47.2 Å². The number of rotatable bonds is 5. The minimum absolute atomic E-state index is 0. The molecular weight excluding hydrogens is 382 g/mol. The number of nitrogens with zero attached hydrogens (tertiary/aromatic N) is 1. The van der Waals surface area contributed by atoms with Gasteiger partial charge < -0.3 is 4.74 Å². The number of benzene rings is 1. The van der Waals surface area contributed by atoms with Gasteiger partial charge in [-0.15, -0.1) is 12.4 Å². The maximum Gasteiger partial charge on any atom is 0.327 e. The largest absolute Gasteiger partial charge is 0.468 e. The molecule has 0 saturated carbocycles. The third-order valence-electron chi connectivity index (χ3n) is 2.97. The smallest absolute Gasteiger partial charge is 0.327 e. The van der Waals surface area contributed by atoms with Gasteiger partial charge in [-0.05, 0) is 35.4 Å². The van der Waals surface area contributed by atoms with Gasteiger partial charge in [-0.2, -0.15) is 0 Å². The highest BCUT2D eigenvalue weighted by Gasteiger charge is 2.20. The Kier molecular flexibility index (Phi) is 8.09. The van der Waals surface area contributed by atoms with Gasteiger partial charge in [0.05, 0.1) is 7.11 Å². The summed E-state index contributed by atoms with van der Waals surface area (Å²) in [7, 11) is 1.34. The highest BCUT2D eigenvalue weighted by atomic mass is 35.5. The lowest BCUT2D eigenvalue weighted by Crippen LogP contribution is -2.29. The minimum Gasteiger partial charge on any atom is -0.468 e. The second kappa shape index (κ2) is 9.30. The molecule has 4 nitrogen and oxygen atoms in total. The number of ether oxygens (including phenoxy) is 1. The normalized spacial score (nSPS) is 11.5. The van der Waals surface area contributed by atoms with Crippen LogP contribution in [0.2, 0.25) is 15.3 Å². The summed E-state index contributed by atoms with van der Waals surface area (Å²) in [5, 5.41) is 4.30. The number of pyridine rings is 1. The average molecular weight is 396 g/mol. The molecule has 0 aliphatic carbocycles. The van der Waals surface area contributed by atoms with Gasteiger partial charge in [-0.25, -0.2) is 9.78 Å². The zero-order valence-electron chi connectivity index (χ0n) is 12.1. The van der Waals surface area contributed by atoms with E-state index in [2.05, 4.69) is 10.3 Å². The third-order valence-corrected chi connectivity index (χ3v) is 3.61. The standard InChI is InChI=1S/C15H13Cl3N2O2.ClH/c1-22-15(21)14(10-2-4-11(16)5-3-10)19-8-9-6-12(17)20-13(18)7-9;/h2-7,14,19H,8H2,1H3;1H. The lowest BCUT2D eigenvalue weighted by molar-refractivity contribution is -0.143. The Balaban J connectivity index is 0.00000264. The highest BCUT2D eigenvalue weighted by Crippen LogP contribution is 2.20. The predicted octanol–water partition coefficient (Wildman–Crippen LogP) is 4.47. The molecule has 124 valence electrons. The third kappa shape index (κ3) is 5.83. The summed E-state index contributed by atoms with van der Waals surface area (Å²) in [6, 6.07) is 9.71. The van der Waals surface area contributed by atoms with Gasteiger partial charge in [-0.3, -0.25) is 5.32 Å². The summed E-state index contributed by atoms with van der Waals surface area (Å²) in [5.41, 5.74) is 1.57. The Hall–Kier alpha value is -1.04. The minimum atomic E-state index is -0.618. The number of nitrogens with one attached hydrogen (secondary N) is 1. The van der Waals surface area contributed by atoms with Crippen LogP contribution in [0.15, 0.2) is 36.4 Å². The van der Waals surface area contributed by atoms with Crippen molar-refractivity contribution >= 4 is 53.2 Å². The van der Waals surface area contributed by atoms with E-state index in [1.54, 1.807) is 36.4 Å². The maximum atomic E-state index is 12.0. The molecule has 0 aliphatic rings. The first kappa shape index (κ1) is 20.0. The Bertz CT molecular complexity index is 645. The number of hydrogen-bond donors (Lipinski definition) is 1. The molecule has 0 amide bonds. The molecule has 1 aromatic carbocycles. The quantitative estimate of drug-likeness (QED) is 0.599. The zero-order chi connectivity index (χ0) is 16.1. The van der Waals surface area contributed by atoms with Crippen LogP contribution in [0.25, 0.3) is 0 Å². The SMILES string of the molecule is COC(=O)C(NCc1cc(Cl)nc(Cl)c1)c1ccc(Cl)cc1.Cl. The number of aromatic nitrogens is 1. The molecule has 1 unspecified atom stereocenters. The fraction of sp³-hybridized carbons (Fsp3) is 0.200.